The Bertz CT molecular complexity index is 2770. The number of carbonyl (C=O) groups excluding carboxylic acids is 1. The summed E-state index contributed by atoms with van der Waals surface area (Å²) in [6.07, 6.45) is 10.2. The number of hydrogen-bond donors (Lipinski definition) is 4. The largest absolute Gasteiger partial charge is 0.473 e. The molecule has 2 aliphatic carbocycles. The first-order chi connectivity index (χ1) is 33.1. The second-order valence-electron chi connectivity index (χ2n) is 20.3. The molecule has 4 heterocycles. The van der Waals surface area contributed by atoms with Gasteiger partial charge < -0.3 is 34.5 Å². The summed E-state index contributed by atoms with van der Waals surface area (Å²) in [5, 5.41) is 26.4. The van der Waals surface area contributed by atoms with Crippen molar-refractivity contribution in [2.75, 3.05) is 63.3 Å². The minimum absolute atomic E-state index is 0.0762. The molecule has 4 N–H and O–H groups in total. The molecule has 3 aromatic carbocycles. The van der Waals surface area contributed by atoms with Gasteiger partial charge in [0.05, 0.1) is 27.6 Å². The maximum Gasteiger partial charge on any atom is 0.293 e. The maximum absolute atomic E-state index is 14.2. The fourth-order valence-electron chi connectivity index (χ4n) is 11.1. The van der Waals surface area contributed by atoms with Crippen LogP contribution in [0.1, 0.15) is 112 Å². The fraction of sp³-hybridized carbons (Fsp3) is 0.500. The summed E-state index contributed by atoms with van der Waals surface area (Å²) in [5.41, 5.74) is 3.52. The van der Waals surface area contributed by atoms with Crippen LogP contribution in [0.5, 0.6) is 17.4 Å². The van der Waals surface area contributed by atoms with Gasteiger partial charge in [-0.15, -0.1) is 0 Å². The average molecular weight is 964 g/mol. The Morgan fingerprint density at radius 1 is 0.971 bits per heavy atom. The number of benzene rings is 3. The molecular formula is C52H65N7O9S. The number of fused-ring (bicyclic) bond motifs is 1. The van der Waals surface area contributed by atoms with Gasteiger partial charge in [0.15, 0.2) is 5.75 Å². The summed E-state index contributed by atoms with van der Waals surface area (Å²) in [5.74, 6) is 0.685. The number of carbonyl (C=O) groups is 1. The van der Waals surface area contributed by atoms with Gasteiger partial charge >= 0.3 is 0 Å². The molecule has 4 aliphatic rings. The number of nitro groups is 1. The quantitative estimate of drug-likeness (QED) is 0.0391. The Hall–Kier alpha value is -5.75. The first-order valence-electron chi connectivity index (χ1n) is 24.4. The van der Waals surface area contributed by atoms with E-state index in [9.17, 15) is 28.4 Å². The Labute approximate surface area is 404 Å². The minimum atomic E-state index is -4.62. The van der Waals surface area contributed by atoms with Crippen LogP contribution >= 0.6 is 0 Å². The highest BCUT2D eigenvalue weighted by molar-refractivity contribution is 7.90. The van der Waals surface area contributed by atoms with Gasteiger partial charge in [-0.05, 0) is 129 Å². The molecule has 2 aliphatic heterocycles. The van der Waals surface area contributed by atoms with E-state index < -0.39 is 37.0 Å². The zero-order valence-corrected chi connectivity index (χ0v) is 40.9. The van der Waals surface area contributed by atoms with Crippen molar-refractivity contribution in [2.45, 2.75) is 107 Å². The highest BCUT2D eigenvalue weighted by atomic mass is 32.2. The van der Waals surface area contributed by atoms with Crippen LogP contribution < -0.4 is 24.4 Å². The molecule has 2 saturated carbocycles. The Kier molecular flexibility index (Phi) is 13.9. The van der Waals surface area contributed by atoms with E-state index in [0.29, 0.717) is 42.9 Å². The van der Waals surface area contributed by atoms with Gasteiger partial charge in [0.25, 0.3) is 27.5 Å². The lowest BCUT2D eigenvalue weighted by atomic mass is 9.70. The number of anilines is 2. The standard InChI is InChI=1S/C52H65N7O9S/c1-34(2)39-8-5-6-9-40(39)41-10-7-11-44(41)58-32-52(33-58)21-24-57(25-22-52)37-12-14-42(46(29-37)68-47-28-36-18-23-53-48(36)55-50(47)67-27-26-66-4)49(60)56-69(64,65)38-13-15-43(45(30-38)59(62)63)54-31-35-16-19-51(3,61)20-17-35/h5-6,8-9,12-15,18,23,28-30,34-35,41,44,54,61H,7,10-11,16-17,19-22,24-27,31-33H2,1-4H3,(H,53,55)(H,56,60)/t35-,41-,44-,51-/m0/s1. The van der Waals surface area contributed by atoms with Crippen LogP contribution in [-0.4, -0.2) is 104 Å². The van der Waals surface area contributed by atoms with Crippen LogP contribution in [0.15, 0.2) is 83.9 Å². The van der Waals surface area contributed by atoms with Gasteiger partial charge in [0, 0.05) is 75.3 Å². The number of methoxy groups -OCH3 is 1. The van der Waals surface area contributed by atoms with Crippen LogP contribution in [0, 0.1) is 21.4 Å². The van der Waals surface area contributed by atoms with E-state index in [4.69, 9.17) is 14.2 Å². The molecule has 1 amide bonds. The Balaban J connectivity index is 0.934. The molecule has 16 nitrogen and oxygen atoms in total. The highest BCUT2D eigenvalue weighted by Crippen LogP contribution is 2.49. The van der Waals surface area contributed by atoms with Crippen LogP contribution in [0.3, 0.4) is 0 Å². The highest BCUT2D eigenvalue weighted by Gasteiger charge is 2.49. The van der Waals surface area contributed by atoms with Gasteiger partial charge in [-0.2, -0.15) is 4.98 Å². The lowest BCUT2D eigenvalue weighted by Gasteiger charge is -2.57. The van der Waals surface area contributed by atoms with Gasteiger partial charge in [0.2, 0.25) is 0 Å². The number of aromatic amines is 1. The second-order valence-corrected chi connectivity index (χ2v) is 22.0. The SMILES string of the molecule is COCCOc1nc2[nH]ccc2cc1Oc1cc(N2CCC3(CC2)CN([C@H]2CCC[C@H]2c2ccccc2C(C)C)C3)ccc1C(=O)NS(=O)(=O)c1ccc(NC[C@H]2CC[C@](C)(O)CC2)c([N+](=O)[O-])c1. The smallest absolute Gasteiger partial charge is 0.293 e. The number of aliphatic hydroxyl groups is 1. The number of nitrogens with zero attached hydrogens (tertiary/aromatic N) is 4. The molecule has 4 fully saturated rings. The molecule has 5 aromatic rings. The van der Waals surface area contributed by atoms with Crippen molar-refractivity contribution in [1.82, 2.24) is 19.6 Å². The van der Waals surface area contributed by atoms with Crippen LogP contribution in [0.4, 0.5) is 17.1 Å². The number of piperidine rings is 1. The van der Waals surface area contributed by atoms with Crippen LogP contribution in [-0.2, 0) is 14.8 Å². The van der Waals surface area contributed by atoms with Crippen LogP contribution in [0.2, 0.25) is 0 Å². The van der Waals surface area contributed by atoms with E-state index in [2.05, 4.69) is 67.9 Å². The second kappa shape index (κ2) is 19.9. The van der Waals surface area contributed by atoms with Crippen LogP contribution in [0.25, 0.3) is 11.0 Å². The molecule has 0 unspecified atom stereocenters. The summed E-state index contributed by atoms with van der Waals surface area (Å²) >= 11 is 0. The van der Waals surface area contributed by atoms with E-state index in [1.54, 1.807) is 37.6 Å². The van der Waals surface area contributed by atoms with E-state index in [-0.39, 0.29) is 53.2 Å². The molecule has 17 heteroatoms. The lowest BCUT2D eigenvalue weighted by molar-refractivity contribution is -0.384. The third kappa shape index (κ3) is 10.6. The molecule has 2 atom stereocenters. The predicted octanol–water partition coefficient (Wildman–Crippen LogP) is 9.12. The van der Waals surface area contributed by atoms with Gasteiger partial charge in [0.1, 0.15) is 23.7 Å². The van der Waals surface area contributed by atoms with Crippen molar-refractivity contribution < 1.29 is 37.5 Å². The molecular weight excluding hydrogens is 899 g/mol. The third-order valence-corrected chi connectivity index (χ3v) is 16.5. The number of amides is 1. The average Bonchev–Trinajstić information content (AvgIpc) is 4.00. The lowest BCUT2D eigenvalue weighted by Crippen LogP contribution is -2.63. The first-order valence-corrected chi connectivity index (χ1v) is 25.9. The molecule has 2 aromatic heterocycles. The van der Waals surface area contributed by atoms with Crippen molar-refractivity contribution in [3.05, 3.63) is 106 Å². The number of nitro benzene ring substituents is 1. The van der Waals surface area contributed by atoms with Crippen molar-refractivity contribution in [1.29, 1.82) is 0 Å². The normalized spacial score (nSPS) is 22.7. The van der Waals surface area contributed by atoms with Crippen molar-refractivity contribution >= 4 is 44.0 Å². The summed E-state index contributed by atoms with van der Waals surface area (Å²) < 4.78 is 47.7. The maximum atomic E-state index is 14.2. The molecule has 0 radical (unpaired) electrons. The predicted molar refractivity (Wildman–Crippen MR) is 265 cm³/mol. The number of sulfonamides is 1. The van der Waals surface area contributed by atoms with Gasteiger partial charge in [-0.1, -0.05) is 44.5 Å². The zero-order valence-electron chi connectivity index (χ0n) is 40.0. The van der Waals surface area contributed by atoms with Gasteiger partial charge in [-0.25, -0.2) is 13.1 Å². The van der Waals surface area contributed by atoms with E-state index in [1.165, 1.54) is 42.5 Å². The number of H-pyrrole nitrogens is 1. The number of hydrogen-bond acceptors (Lipinski definition) is 13. The monoisotopic (exact) mass is 963 g/mol. The van der Waals surface area contributed by atoms with E-state index in [1.807, 2.05) is 13.0 Å². The van der Waals surface area contributed by atoms with E-state index in [0.717, 1.165) is 69.0 Å². The number of ether oxygens (including phenoxy) is 3. The molecule has 9 rings (SSSR count). The number of pyridine rings is 1. The number of rotatable bonds is 17. The fourth-order valence-corrected chi connectivity index (χ4v) is 12.1. The molecule has 1 spiro atoms. The summed E-state index contributed by atoms with van der Waals surface area (Å²) in [6, 6.07) is 21.8. The molecule has 0 bridgehead atoms. The Morgan fingerprint density at radius 2 is 1.74 bits per heavy atom. The summed E-state index contributed by atoms with van der Waals surface area (Å²) in [4.78, 5) is 38.1. The van der Waals surface area contributed by atoms with E-state index >= 15 is 0 Å². The molecule has 368 valence electrons. The van der Waals surface area contributed by atoms with Crippen molar-refractivity contribution in [3.8, 4) is 17.4 Å². The summed E-state index contributed by atoms with van der Waals surface area (Å²) in [7, 11) is -3.06. The number of likely N-dealkylation sites (tertiary alicyclic amines) is 1. The first kappa shape index (κ1) is 48.3. The molecule has 2 saturated heterocycles. The number of nitrogens with one attached hydrogen (secondary N) is 3. The van der Waals surface area contributed by atoms with Gasteiger partial charge in [-0.3, -0.25) is 19.8 Å². The Morgan fingerprint density at radius 3 is 2.48 bits per heavy atom. The molecule has 69 heavy (non-hydrogen) atoms. The van der Waals surface area contributed by atoms with Crippen molar-refractivity contribution in [2.24, 2.45) is 11.3 Å². The third-order valence-electron chi connectivity index (χ3n) is 15.1. The topological polar surface area (TPSA) is 201 Å². The minimum Gasteiger partial charge on any atom is -0.473 e. The summed E-state index contributed by atoms with van der Waals surface area (Å²) in [6.45, 7) is 11.0. The number of aromatic nitrogens is 2. The van der Waals surface area contributed by atoms with Crippen molar-refractivity contribution in [3.63, 3.8) is 0 Å². The zero-order chi connectivity index (χ0) is 48.5.